The van der Waals surface area contributed by atoms with E-state index >= 15 is 0 Å². The van der Waals surface area contributed by atoms with Gasteiger partial charge in [-0.1, -0.05) is 107 Å². The summed E-state index contributed by atoms with van der Waals surface area (Å²) in [5.74, 6) is -0.331. The van der Waals surface area contributed by atoms with E-state index in [9.17, 15) is 0 Å². The molecule has 0 amide bonds. The van der Waals surface area contributed by atoms with Gasteiger partial charge in [-0.05, 0) is 46.7 Å². The third-order valence-electron chi connectivity index (χ3n) is 10.0. The largest absolute Gasteiger partial charge is 0.407 e. The fraction of sp³-hybridized carbons (Fsp3) is 0.543. The van der Waals surface area contributed by atoms with E-state index in [1.54, 1.807) is 7.11 Å². The van der Waals surface area contributed by atoms with Gasteiger partial charge >= 0.3 is 0 Å². The first-order valence-electron chi connectivity index (χ1n) is 15.2. The molecule has 5 rings (SSSR count). The summed E-state index contributed by atoms with van der Waals surface area (Å²) in [6, 6.07) is 21.7. The Morgan fingerprint density at radius 2 is 1.61 bits per heavy atom. The van der Waals surface area contributed by atoms with Crippen molar-refractivity contribution in [1.29, 1.82) is 0 Å². The van der Waals surface area contributed by atoms with Gasteiger partial charge in [0.1, 0.15) is 6.79 Å². The maximum atomic E-state index is 7.26. The van der Waals surface area contributed by atoms with Crippen LogP contribution < -0.4 is 10.4 Å². The Kier molecular flexibility index (Phi) is 8.83. The van der Waals surface area contributed by atoms with Crippen LogP contribution in [-0.2, 0) is 23.4 Å². The molecule has 41 heavy (non-hydrogen) atoms. The molecule has 3 atom stereocenters. The zero-order valence-corrected chi connectivity index (χ0v) is 26.6. The minimum absolute atomic E-state index is 0.0650. The molecule has 2 fully saturated rings. The van der Waals surface area contributed by atoms with Crippen molar-refractivity contribution in [1.82, 2.24) is 0 Å². The molecule has 2 aliphatic carbocycles. The molecule has 5 nitrogen and oxygen atoms in total. The van der Waals surface area contributed by atoms with E-state index < -0.39 is 19.7 Å². The molecule has 0 unspecified atom stereocenters. The highest BCUT2D eigenvalue weighted by Crippen LogP contribution is 2.64. The molecule has 6 heteroatoms. The first-order chi connectivity index (χ1) is 19.7. The third kappa shape index (κ3) is 5.01. The van der Waals surface area contributed by atoms with Gasteiger partial charge in [-0.2, -0.15) is 0 Å². The van der Waals surface area contributed by atoms with Gasteiger partial charge in [0, 0.05) is 31.5 Å². The summed E-state index contributed by atoms with van der Waals surface area (Å²) in [6.07, 6.45) is 8.68. The molecule has 3 aliphatic rings. The van der Waals surface area contributed by atoms with Gasteiger partial charge in [0.2, 0.25) is 0 Å². The van der Waals surface area contributed by atoms with E-state index in [-0.39, 0.29) is 23.2 Å². The van der Waals surface area contributed by atoms with E-state index in [2.05, 4.69) is 101 Å². The molecule has 1 saturated heterocycles. The molecule has 0 bridgehead atoms. The van der Waals surface area contributed by atoms with Crippen LogP contribution in [0.1, 0.15) is 59.8 Å². The summed E-state index contributed by atoms with van der Waals surface area (Å²) in [5, 5.41) is 2.54. The normalized spacial score (nSPS) is 27.5. The first-order valence-corrected chi connectivity index (χ1v) is 17.1. The van der Waals surface area contributed by atoms with Crippen LogP contribution in [0.5, 0.6) is 0 Å². The van der Waals surface area contributed by atoms with Gasteiger partial charge < -0.3 is 23.4 Å². The number of hydrogen-bond acceptors (Lipinski definition) is 5. The van der Waals surface area contributed by atoms with Gasteiger partial charge in [-0.15, -0.1) is 0 Å². The molecular formula is C35H48O5Si. The maximum Gasteiger partial charge on any atom is 0.261 e. The molecule has 1 saturated carbocycles. The van der Waals surface area contributed by atoms with Crippen molar-refractivity contribution < 1.29 is 23.4 Å². The lowest BCUT2D eigenvalue weighted by Gasteiger charge is -2.53. The lowest BCUT2D eigenvalue weighted by molar-refractivity contribution is -0.247. The zero-order chi connectivity index (χ0) is 29.2. The van der Waals surface area contributed by atoms with Crippen molar-refractivity contribution in [3.8, 4) is 0 Å². The Morgan fingerprint density at radius 1 is 1.00 bits per heavy atom. The highest BCUT2D eigenvalue weighted by atomic mass is 28.4. The molecule has 0 N–H and O–H groups in total. The number of ether oxygens (including phenoxy) is 4. The molecule has 2 aromatic rings. The second-order valence-electron chi connectivity index (χ2n) is 13.1. The quantitative estimate of drug-likeness (QED) is 0.177. The predicted molar refractivity (Wildman–Crippen MR) is 167 cm³/mol. The van der Waals surface area contributed by atoms with Crippen LogP contribution in [0, 0.1) is 11.3 Å². The molecule has 0 aromatic heterocycles. The number of allylic oxidation sites excluding steroid dienone is 1. The van der Waals surface area contributed by atoms with Gasteiger partial charge in [0.15, 0.2) is 5.79 Å². The second-order valence-corrected chi connectivity index (χ2v) is 17.4. The number of rotatable bonds is 11. The highest BCUT2D eigenvalue weighted by Gasteiger charge is 2.67. The summed E-state index contributed by atoms with van der Waals surface area (Å²) < 4.78 is 32.3. The first kappa shape index (κ1) is 30.4. The van der Waals surface area contributed by atoms with E-state index in [1.165, 1.54) is 10.4 Å². The zero-order valence-electron chi connectivity index (χ0n) is 25.6. The Bertz CT molecular complexity index is 1160. The number of methoxy groups -OCH3 is 1. The topological polar surface area (TPSA) is 46.2 Å². The van der Waals surface area contributed by atoms with E-state index in [0.29, 0.717) is 19.8 Å². The molecule has 2 aromatic carbocycles. The maximum absolute atomic E-state index is 7.26. The van der Waals surface area contributed by atoms with Crippen molar-refractivity contribution in [2.75, 3.05) is 33.7 Å². The predicted octanol–water partition coefficient (Wildman–Crippen LogP) is 6.38. The van der Waals surface area contributed by atoms with Gasteiger partial charge in [-0.25, -0.2) is 0 Å². The molecule has 0 radical (unpaired) electrons. The van der Waals surface area contributed by atoms with E-state index in [0.717, 1.165) is 37.7 Å². The van der Waals surface area contributed by atoms with Crippen LogP contribution in [0.4, 0.5) is 0 Å². The second kappa shape index (κ2) is 11.9. The van der Waals surface area contributed by atoms with Gasteiger partial charge in [-0.3, -0.25) is 0 Å². The van der Waals surface area contributed by atoms with Crippen LogP contribution in [0.15, 0.2) is 85.0 Å². The molecule has 1 heterocycles. The van der Waals surface area contributed by atoms with Crippen molar-refractivity contribution in [3.05, 3.63) is 85.0 Å². The Morgan fingerprint density at radius 3 is 2.15 bits per heavy atom. The van der Waals surface area contributed by atoms with Crippen LogP contribution in [0.2, 0.25) is 5.04 Å². The molecular weight excluding hydrogens is 528 g/mol. The average Bonchev–Trinajstić information content (AvgIpc) is 3.58. The standard InChI is InChI=1S/C35H48O5Si/c1-7-28-19-22-33(5)31(20-23-35(33)37-25-26-38-35)34(28,39-27-36-6)21-14-24-40-41(32(2,3)4,29-15-10-8-11-16-29)30-17-12-9-13-18-30/h7-13,15-19,31H,1,14,20-27H2,2-6H3/t31-,33+,34-/m1/s1. The number of benzene rings is 2. The smallest absolute Gasteiger partial charge is 0.261 e. The Balaban J connectivity index is 1.46. The van der Waals surface area contributed by atoms with Crippen molar-refractivity contribution in [2.24, 2.45) is 11.3 Å². The minimum atomic E-state index is -2.62. The number of hydrogen-bond donors (Lipinski definition) is 0. The summed E-state index contributed by atoms with van der Waals surface area (Å²) in [4.78, 5) is 0. The van der Waals surface area contributed by atoms with Crippen molar-refractivity contribution in [2.45, 2.75) is 76.2 Å². The monoisotopic (exact) mass is 576 g/mol. The Hall–Kier alpha value is -2.06. The van der Waals surface area contributed by atoms with Crippen molar-refractivity contribution in [3.63, 3.8) is 0 Å². The summed E-state index contributed by atoms with van der Waals surface area (Å²) in [7, 11) is -0.926. The van der Waals surface area contributed by atoms with E-state index in [1.807, 2.05) is 6.08 Å². The van der Waals surface area contributed by atoms with Crippen molar-refractivity contribution >= 4 is 18.7 Å². The van der Waals surface area contributed by atoms with Crippen LogP contribution in [0.25, 0.3) is 0 Å². The lowest BCUT2D eigenvalue weighted by Crippen LogP contribution is -2.66. The molecule has 222 valence electrons. The molecule has 1 spiro atoms. The fourth-order valence-electron chi connectivity index (χ4n) is 8.19. The third-order valence-corrected chi connectivity index (χ3v) is 15.1. The van der Waals surface area contributed by atoms with Gasteiger partial charge in [0.05, 0.1) is 18.8 Å². The lowest BCUT2D eigenvalue weighted by atomic mass is 9.59. The summed E-state index contributed by atoms with van der Waals surface area (Å²) >= 11 is 0. The molecule has 1 aliphatic heterocycles. The minimum Gasteiger partial charge on any atom is -0.407 e. The van der Waals surface area contributed by atoms with Crippen LogP contribution in [-0.4, -0.2) is 53.4 Å². The van der Waals surface area contributed by atoms with Gasteiger partial charge in [0.25, 0.3) is 8.32 Å². The summed E-state index contributed by atoms with van der Waals surface area (Å²) in [5.41, 5.74) is 0.415. The number of fused-ring (bicyclic) bond motifs is 2. The average molecular weight is 577 g/mol. The Labute approximate surface area is 248 Å². The van der Waals surface area contributed by atoms with E-state index in [4.69, 9.17) is 23.4 Å². The highest BCUT2D eigenvalue weighted by molar-refractivity contribution is 6.99. The van der Waals surface area contributed by atoms with Crippen LogP contribution in [0.3, 0.4) is 0 Å². The fourth-order valence-corrected chi connectivity index (χ4v) is 12.8. The summed E-state index contributed by atoms with van der Waals surface area (Å²) in [6.45, 7) is 15.7. The van der Waals surface area contributed by atoms with Crippen LogP contribution >= 0.6 is 0 Å². The SMILES string of the molecule is C=CC1=CC[C@@]2(C)[C@@H](CCC23OCCO3)[C@]1(CCCO[Si](c1ccccc1)(c1ccccc1)C(C)(C)C)OCOC.